The summed E-state index contributed by atoms with van der Waals surface area (Å²) in [6.07, 6.45) is 0.212. The van der Waals surface area contributed by atoms with Gasteiger partial charge in [-0.2, -0.15) is 0 Å². The number of aliphatic hydroxyl groups is 1. The minimum Gasteiger partial charge on any atom is -0.451 e. The van der Waals surface area contributed by atoms with E-state index in [0.717, 1.165) is 17.7 Å². The number of benzene rings is 1. The number of fused-ring (bicyclic) bond motifs is 1. The lowest BCUT2D eigenvalue weighted by Gasteiger charge is -2.23. The SMILES string of the molecule is CC(C)Cc1ccc2c(c1)CNC(O)O2. The van der Waals surface area contributed by atoms with Crippen molar-refractivity contribution in [2.24, 2.45) is 5.92 Å². The summed E-state index contributed by atoms with van der Waals surface area (Å²) in [5.41, 5.74) is 2.45. The van der Waals surface area contributed by atoms with Gasteiger partial charge in [0.05, 0.1) is 0 Å². The van der Waals surface area contributed by atoms with Crippen LogP contribution in [0.3, 0.4) is 0 Å². The number of hydrogen-bond donors (Lipinski definition) is 2. The van der Waals surface area contributed by atoms with Gasteiger partial charge in [0.15, 0.2) is 0 Å². The van der Waals surface area contributed by atoms with Crippen molar-refractivity contribution in [1.29, 1.82) is 0 Å². The first-order valence-corrected chi connectivity index (χ1v) is 5.35. The van der Waals surface area contributed by atoms with Crippen LogP contribution in [0, 0.1) is 5.92 Å². The zero-order chi connectivity index (χ0) is 10.8. The van der Waals surface area contributed by atoms with Gasteiger partial charge in [-0.25, -0.2) is 0 Å². The van der Waals surface area contributed by atoms with E-state index < -0.39 is 6.41 Å². The maximum atomic E-state index is 9.24. The highest BCUT2D eigenvalue weighted by atomic mass is 16.6. The third-order valence-corrected chi connectivity index (χ3v) is 2.47. The molecule has 0 aromatic heterocycles. The first-order valence-electron chi connectivity index (χ1n) is 5.35. The molecule has 3 heteroatoms. The summed E-state index contributed by atoms with van der Waals surface area (Å²) in [5.74, 6) is 1.44. The predicted molar refractivity (Wildman–Crippen MR) is 58.5 cm³/mol. The molecule has 0 aliphatic carbocycles. The number of aliphatic hydroxyl groups excluding tert-OH is 1. The second-order valence-electron chi connectivity index (χ2n) is 4.39. The van der Waals surface area contributed by atoms with Gasteiger partial charge in [0.2, 0.25) is 0 Å². The maximum absolute atomic E-state index is 9.24. The number of rotatable bonds is 2. The molecular formula is C12H17NO2. The highest BCUT2D eigenvalue weighted by Crippen LogP contribution is 2.24. The molecule has 1 aromatic carbocycles. The third kappa shape index (κ3) is 2.49. The van der Waals surface area contributed by atoms with Gasteiger partial charge < -0.3 is 9.84 Å². The average molecular weight is 207 g/mol. The molecule has 2 rings (SSSR count). The Labute approximate surface area is 90.1 Å². The summed E-state index contributed by atoms with van der Waals surface area (Å²) in [5, 5.41) is 12.1. The quantitative estimate of drug-likeness (QED) is 0.774. The molecular weight excluding hydrogens is 190 g/mol. The molecule has 1 aliphatic rings. The lowest BCUT2D eigenvalue weighted by molar-refractivity contribution is -0.0553. The molecule has 1 aromatic rings. The topological polar surface area (TPSA) is 41.5 Å². The van der Waals surface area contributed by atoms with Crippen molar-refractivity contribution in [2.45, 2.75) is 33.2 Å². The van der Waals surface area contributed by atoms with Gasteiger partial charge in [0, 0.05) is 12.1 Å². The largest absolute Gasteiger partial charge is 0.451 e. The minimum atomic E-state index is -0.867. The molecule has 1 aliphatic heterocycles. The van der Waals surface area contributed by atoms with Gasteiger partial charge in [-0.3, -0.25) is 5.32 Å². The maximum Gasteiger partial charge on any atom is 0.257 e. The summed E-state index contributed by atoms with van der Waals surface area (Å²) in [6, 6.07) is 6.15. The summed E-state index contributed by atoms with van der Waals surface area (Å²) < 4.78 is 5.24. The highest BCUT2D eigenvalue weighted by Gasteiger charge is 2.16. The Bertz CT molecular complexity index is 349. The van der Waals surface area contributed by atoms with Crippen LogP contribution in [-0.4, -0.2) is 11.5 Å². The number of hydrogen-bond acceptors (Lipinski definition) is 3. The number of nitrogens with one attached hydrogen (secondary N) is 1. The van der Waals surface area contributed by atoms with E-state index >= 15 is 0 Å². The van der Waals surface area contributed by atoms with Crippen LogP contribution in [0.2, 0.25) is 0 Å². The lowest BCUT2D eigenvalue weighted by Crippen LogP contribution is -2.37. The Morgan fingerprint density at radius 2 is 2.33 bits per heavy atom. The van der Waals surface area contributed by atoms with Crippen molar-refractivity contribution >= 4 is 0 Å². The standard InChI is InChI=1S/C12H17NO2/c1-8(2)5-9-3-4-11-10(6-9)7-13-12(14)15-11/h3-4,6,8,12-14H,5,7H2,1-2H3. The van der Waals surface area contributed by atoms with Crippen LogP contribution in [0.15, 0.2) is 18.2 Å². The fourth-order valence-electron chi connectivity index (χ4n) is 1.84. The van der Waals surface area contributed by atoms with Crippen LogP contribution in [0.4, 0.5) is 0 Å². The lowest BCUT2D eigenvalue weighted by atomic mass is 10.0. The van der Waals surface area contributed by atoms with Gasteiger partial charge in [-0.15, -0.1) is 0 Å². The molecule has 15 heavy (non-hydrogen) atoms. The molecule has 1 heterocycles. The Morgan fingerprint density at radius 1 is 1.53 bits per heavy atom. The Kier molecular flexibility index (Phi) is 2.93. The molecule has 82 valence electrons. The molecule has 0 saturated heterocycles. The van der Waals surface area contributed by atoms with Crippen LogP contribution in [-0.2, 0) is 13.0 Å². The van der Waals surface area contributed by atoms with E-state index in [0.29, 0.717) is 12.5 Å². The molecule has 2 N–H and O–H groups in total. The molecule has 0 fully saturated rings. The normalized spacial score (nSPS) is 19.9. The smallest absolute Gasteiger partial charge is 0.257 e. The van der Waals surface area contributed by atoms with E-state index in [9.17, 15) is 5.11 Å². The molecule has 0 bridgehead atoms. The highest BCUT2D eigenvalue weighted by molar-refractivity contribution is 5.38. The second-order valence-corrected chi connectivity index (χ2v) is 4.39. The molecule has 1 atom stereocenters. The van der Waals surface area contributed by atoms with Crippen molar-refractivity contribution in [2.75, 3.05) is 0 Å². The van der Waals surface area contributed by atoms with Crippen LogP contribution in [0.1, 0.15) is 25.0 Å². The summed E-state index contributed by atoms with van der Waals surface area (Å²) in [7, 11) is 0. The van der Waals surface area contributed by atoms with Crippen LogP contribution >= 0.6 is 0 Å². The van der Waals surface area contributed by atoms with Gasteiger partial charge in [0.1, 0.15) is 5.75 Å². The van der Waals surface area contributed by atoms with Gasteiger partial charge >= 0.3 is 0 Å². The molecule has 0 spiro atoms. The fraction of sp³-hybridized carbons (Fsp3) is 0.500. The van der Waals surface area contributed by atoms with Crippen LogP contribution in [0.25, 0.3) is 0 Å². The number of ether oxygens (including phenoxy) is 1. The Balaban J connectivity index is 2.19. The van der Waals surface area contributed by atoms with Crippen LogP contribution in [0.5, 0.6) is 5.75 Å². The van der Waals surface area contributed by atoms with E-state index in [1.807, 2.05) is 6.07 Å². The van der Waals surface area contributed by atoms with E-state index in [1.54, 1.807) is 0 Å². The van der Waals surface area contributed by atoms with Crippen LogP contribution < -0.4 is 10.1 Å². The van der Waals surface area contributed by atoms with Crippen molar-refractivity contribution in [3.8, 4) is 5.75 Å². The van der Waals surface area contributed by atoms with E-state index in [2.05, 4.69) is 31.3 Å². The fourth-order valence-corrected chi connectivity index (χ4v) is 1.84. The van der Waals surface area contributed by atoms with E-state index in [1.165, 1.54) is 5.56 Å². The molecule has 0 amide bonds. The summed E-state index contributed by atoms with van der Waals surface area (Å²) >= 11 is 0. The zero-order valence-electron chi connectivity index (χ0n) is 9.16. The Morgan fingerprint density at radius 3 is 3.07 bits per heavy atom. The monoisotopic (exact) mass is 207 g/mol. The van der Waals surface area contributed by atoms with E-state index in [-0.39, 0.29) is 0 Å². The Hall–Kier alpha value is -1.06. The molecule has 0 saturated carbocycles. The summed E-state index contributed by atoms with van der Waals surface area (Å²) in [6.45, 7) is 5.08. The summed E-state index contributed by atoms with van der Waals surface area (Å²) in [4.78, 5) is 0. The van der Waals surface area contributed by atoms with Gasteiger partial charge in [0.25, 0.3) is 6.41 Å². The molecule has 1 unspecified atom stereocenters. The van der Waals surface area contributed by atoms with Crippen molar-refractivity contribution in [3.05, 3.63) is 29.3 Å². The van der Waals surface area contributed by atoms with E-state index in [4.69, 9.17) is 4.74 Å². The average Bonchev–Trinajstić information content (AvgIpc) is 2.17. The second kappa shape index (κ2) is 4.21. The first-order chi connectivity index (χ1) is 7.15. The first kappa shape index (κ1) is 10.5. The van der Waals surface area contributed by atoms with Gasteiger partial charge in [-0.1, -0.05) is 26.0 Å². The molecule has 0 radical (unpaired) electrons. The molecule has 3 nitrogen and oxygen atoms in total. The predicted octanol–water partition coefficient (Wildman–Crippen LogP) is 1.64. The van der Waals surface area contributed by atoms with Gasteiger partial charge in [-0.05, 0) is 24.0 Å². The zero-order valence-corrected chi connectivity index (χ0v) is 9.16. The van der Waals surface area contributed by atoms with Crippen molar-refractivity contribution in [1.82, 2.24) is 5.32 Å². The minimum absolute atomic E-state index is 0.658. The third-order valence-electron chi connectivity index (χ3n) is 2.47. The van der Waals surface area contributed by atoms with Crippen molar-refractivity contribution in [3.63, 3.8) is 0 Å². The van der Waals surface area contributed by atoms with Crippen molar-refractivity contribution < 1.29 is 9.84 Å².